The molecule has 2 aromatic heterocycles. The first kappa shape index (κ1) is 15.2. The van der Waals surface area contributed by atoms with Crippen molar-refractivity contribution in [3.63, 3.8) is 0 Å². The molecule has 0 aliphatic rings. The molecule has 20 heavy (non-hydrogen) atoms. The van der Waals surface area contributed by atoms with Crippen molar-refractivity contribution < 1.29 is 8.95 Å². The molecule has 0 aliphatic heterocycles. The molecule has 110 valence electrons. The number of fused-ring (bicyclic) bond motifs is 1. The Balaban J connectivity index is 2.60. The molecule has 3 atom stereocenters. The summed E-state index contributed by atoms with van der Waals surface area (Å²) in [7, 11) is 0.603. The summed E-state index contributed by atoms with van der Waals surface area (Å²) in [6, 6.07) is 0. The summed E-state index contributed by atoms with van der Waals surface area (Å²) in [5, 5.41) is -0.311. The molecule has 0 radical (unpaired) electrons. The Labute approximate surface area is 125 Å². The van der Waals surface area contributed by atoms with Gasteiger partial charge in [-0.25, -0.2) is 9.97 Å². The SMILES string of the molecule is COc1ncnc2c1nc(C(C)Cl)n2CC(C)S(C)=O. The molecule has 8 heteroatoms. The number of aromatic nitrogens is 4. The Morgan fingerprint density at radius 1 is 1.45 bits per heavy atom. The van der Waals surface area contributed by atoms with Gasteiger partial charge < -0.3 is 9.30 Å². The summed E-state index contributed by atoms with van der Waals surface area (Å²) >= 11 is 6.19. The third-order valence-electron chi connectivity index (χ3n) is 3.08. The van der Waals surface area contributed by atoms with Gasteiger partial charge in [-0.3, -0.25) is 4.21 Å². The normalized spacial score (nSPS) is 16.1. The zero-order valence-corrected chi connectivity index (χ0v) is 13.4. The number of imidazole rings is 1. The molecule has 0 saturated heterocycles. The second-order valence-electron chi connectivity index (χ2n) is 4.56. The molecule has 0 aromatic carbocycles. The summed E-state index contributed by atoms with van der Waals surface area (Å²) in [5.41, 5.74) is 1.23. The van der Waals surface area contributed by atoms with Gasteiger partial charge in [-0.15, -0.1) is 11.6 Å². The van der Waals surface area contributed by atoms with Crippen molar-refractivity contribution in [1.29, 1.82) is 0 Å². The molecule has 0 amide bonds. The van der Waals surface area contributed by atoms with Gasteiger partial charge in [-0.1, -0.05) is 0 Å². The van der Waals surface area contributed by atoms with Crippen molar-refractivity contribution in [2.24, 2.45) is 0 Å². The Morgan fingerprint density at radius 2 is 2.15 bits per heavy atom. The maximum atomic E-state index is 11.6. The molecule has 6 nitrogen and oxygen atoms in total. The van der Waals surface area contributed by atoms with Crippen LogP contribution in [-0.2, 0) is 17.3 Å². The van der Waals surface area contributed by atoms with E-state index < -0.39 is 10.8 Å². The van der Waals surface area contributed by atoms with Crippen LogP contribution in [-0.4, -0.2) is 42.3 Å². The van der Waals surface area contributed by atoms with Gasteiger partial charge in [0.15, 0.2) is 11.2 Å². The highest BCUT2D eigenvalue weighted by Crippen LogP contribution is 2.27. The van der Waals surface area contributed by atoms with E-state index in [1.165, 1.54) is 13.4 Å². The fourth-order valence-corrected chi connectivity index (χ4v) is 2.45. The third kappa shape index (κ3) is 2.78. The van der Waals surface area contributed by atoms with E-state index in [0.717, 1.165) is 0 Å². The van der Waals surface area contributed by atoms with Crippen LogP contribution in [0.4, 0.5) is 0 Å². The van der Waals surface area contributed by atoms with Gasteiger partial charge in [0.25, 0.3) is 0 Å². The van der Waals surface area contributed by atoms with Crippen LogP contribution in [0.15, 0.2) is 6.33 Å². The highest BCUT2D eigenvalue weighted by Gasteiger charge is 2.21. The Hall–Kier alpha value is -1.21. The molecule has 0 spiro atoms. The first-order valence-electron chi connectivity index (χ1n) is 6.17. The van der Waals surface area contributed by atoms with E-state index in [-0.39, 0.29) is 10.6 Å². The van der Waals surface area contributed by atoms with Crippen molar-refractivity contribution in [3.05, 3.63) is 12.2 Å². The largest absolute Gasteiger partial charge is 0.479 e. The zero-order chi connectivity index (χ0) is 14.9. The second kappa shape index (κ2) is 6.05. The zero-order valence-electron chi connectivity index (χ0n) is 11.8. The van der Waals surface area contributed by atoms with Gasteiger partial charge in [0, 0.05) is 28.9 Å². The number of alkyl halides is 1. The summed E-state index contributed by atoms with van der Waals surface area (Å²) < 4.78 is 18.7. The standard InChI is InChI=1S/C12H17ClN4O2S/c1-7(20(4)18)5-17-10(8(2)13)16-9-11(17)14-6-15-12(9)19-3/h6-8H,5H2,1-4H3. The van der Waals surface area contributed by atoms with Crippen LogP contribution in [0.1, 0.15) is 25.0 Å². The molecule has 2 rings (SSSR count). The van der Waals surface area contributed by atoms with Gasteiger partial charge in [0.1, 0.15) is 12.2 Å². The first-order chi connectivity index (χ1) is 9.45. The highest BCUT2D eigenvalue weighted by atomic mass is 35.5. The summed E-state index contributed by atoms with van der Waals surface area (Å²) in [6.45, 7) is 4.29. The van der Waals surface area contributed by atoms with E-state index in [2.05, 4.69) is 15.0 Å². The Bertz CT molecular complexity index is 644. The smallest absolute Gasteiger partial charge is 0.245 e. The molecule has 3 unspecified atom stereocenters. The predicted molar refractivity (Wildman–Crippen MR) is 79.7 cm³/mol. The van der Waals surface area contributed by atoms with Crippen molar-refractivity contribution >= 4 is 33.6 Å². The summed E-state index contributed by atoms with van der Waals surface area (Å²) in [4.78, 5) is 12.8. The van der Waals surface area contributed by atoms with Gasteiger partial charge in [-0.2, -0.15) is 4.98 Å². The minimum atomic E-state index is -0.933. The monoisotopic (exact) mass is 316 g/mol. The van der Waals surface area contributed by atoms with Crippen LogP contribution in [0.5, 0.6) is 5.88 Å². The van der Waals surface area contributed by atoms with Gasteiger partial charge >= 0.3 is 0 Å². The van der Waals surface area contributed by atoms with E-state index in [0.29, 0.717) is 29.4 Å². The first-order valence-corrected chi connectivity index (χ1v) is 8.22. The second-order valence-corrected chi connectivity index (χ2v) is 7.02. The van der Waals surface area contributed by atoms with Crippen molar-refractivity contribution in [1.82, 2.24) is 19.5 Å². The quantitative estimate of drug-likeness (QED) is 0.788. The third-order valence-corrected chi connectivity index (χ3v) is 4.56. The lowest BCUT2D eigenvalue weighted by Crippen LogP contribution is -2.19. The average Bonchev–Trinajstić information content (AvgIpc) is 2.77. The molecule has 0 aliphatic carbocycles. The molecular formula is C12H17ClN4O2S. The molecule has 2 aromatic rings. The number of rotatable bonds is 5. The molecule has 0 N–H and O–H groups in total. The minimum Gasteiger partial charge on any atom is -0.479 e. The lowest BCUT2D eigenvalue weighted by Gasteiger charge is -2.13. The average molecular weight is 317 g/mol. The highest BCUT2D eigenvalue weighted by molar-refractivity contribution is 7.84. The van der Waals surface area contributed by atoms with Crippen molar-refractivity contribution in [2.45, 2.75) is 31.0 Å². The fraction of sp³-hybridized carbons (Fsp3) is 0.583. The maximum absolute atomic E-state index is 11.6. The van der Waals surface area contributed by atoms with Crippen LogP contribution in [0.3, 0.4) is 0 Å². The number of halogens is 1. The maximum Gasteiger partial charge on any atom is 0.245 e. The number of hydrogen-bond donors (Lipinski definition) is 0. The molecular weight excluding hydrogens is 300 g/mol. The number of hydrogen-bond acceptors (Lipinski definition) is 5. The minimum absolute atomic E-state index is 0.0254. The fourth-order valence-electron chi connectivity index (χ4n) is 1.93. The van der Waals surface area contributed by atoms with Crippen molar-refractivity contribution in [3.8, 4) is 5.88 Å². The summed E-state index contributed by atoms with van der Waals surface area (Å²) in [5.74, 6) is 1.09. The lowest BCUT2D eigenvalue weighted by atomic mass is 10.4. The van der Waals surface area contributed by atoms with Crippen LogP contribution < -0.4 is 4.74 Å². The van der Waals surface area contributed by atoms with E-state index in [4.69, 9.17) is 16.3 Å². The van der Waals surface area contributed by atoms with Crippen LogP contribution in [0.2, 0.25) is 0 Å². The molecule has 0 fully saturated rings. The molecule has 2 heterocycles. The van der Waals surface area contributed by atoms with Crippen molar-refractivity contribution in [2.75, 3.05) is 13.4 Å². The van der Waals surface area contributed by atoms with Crippen LogP contribution in [0, 0.1) is 0 Å². The number of ether oxygens (including phenoxy) is 1. The predicted octanol–water partition coefficient (Wildman–Crippen LogP) is 1.90. The number of methoxy groups -OCH3 is 1. The van der Waals surface area contributed by atoms with E-state index in [1.807, 2.05) is 18.4 Å². The van der Waals surface area contributed by atoms with Crippen LogP contribution >= 0.6 is 11.6 Å². The Kier molecular flexibility index (Phi) is 4.59. The number of nitrogens with zero attached hydrogens (tertiary/aromatic N) is 4. The van der Waals surface area contributed by atoms with Gasteiger partial charge in [0.05, 0.1) is 12.5 Å². The Morgan fingerprint density at radius 3 is 2.70 bits per heavy atom. The van der Waals surface area contributed by atoms with E-state index in [9.17, 15) is 4.21 Å². The lowest BCUT2D eigenvalue weighted by molar-refractivity contribution is 0.401. The topological polar surface area (TPSA) is 69.9 Å². The van der Waals surface area contributed by atoms with E-state index >= 15 is 0 Å². The summed E-state index contributed by atoms with van der Waals surface area (Å²) in [6.07, 6.45) is 3.11. The molecule has 0 bridgehead atoms. The van der Waals surface area contributed by atoms with Gasteiger partial charge in [-0.05, 0) is 13.8 Å². The van der Waals surface area contributed by atoms with Gasteiger partial charge in [0.2, 0.25) is 5.88 Å². The van der Waals surface area contributed by atoms with E-state index in [1.54, 1.807) is 6.26 Å². The molecule has 0 saturated carbocycles. The van der Waals surface area contributed by atoms with Crippen LogP contribution in [0.25, 0.3) is 11.2 Å².